The van der Waals surface area contributed by atoms with Gasteiger partial charge in [0.25, 0.3) is 0 Å². The van der Waals surface area contributed by atoms with E-state index in [0.717, 1.165) is 25.2 Å². The van der Waals surface area contributed by atoms with Gasteiger partial charge in [-0.3, -0.25) is 0 Å². The smallest absolute Gasteiger partial charge is 0.218 e. The van der Waals surface area contributed by atoms with Crippen molar-refractivity contribution in [3.63, 3.8) is 0 Å². The molecule has 0 amide bonds. The van der Waals surface area contributed by atoms with E-state index in [1.54, 1.807) is 4.31 Å². The summed E-state index contributed by atoms with van der Waals surface area (Å²) in [6.45, 7) is 6.36. The van der Waals surface area contributed by atoms with Crippen LogP contribution >= 0.6 is 0 Å². The Morgan fingerprint density at radius 1 is 1.17 bits per heavy atom. The van der Waals surface area contributed by atoms with Crippen molar-refractivity contribution in [3.8, 4) is 0 Å². The summed E-state index contributed by atoms with van der Waals surface area (Å²) in [5, 5.41) is 0. The average Bonchev–Trinajstić information content (AvgIpc) is 2.39. The van der Waals surface area contributed by atoms with E-state index in [0.29, 0.717) is 13.1 Å². The van der Waals surface area contributed by atoms with Crippen molar-refractivity contribution in [1.29, 1.82) is 0 Å². The summed E-state index contributed by atoms with van der Waals surface area (Å²) < 4.78 is 26.2. The molecule has 0 atom stereocenters. The molecule has 2 rings (SSSR count). The number of nitrogens with zero attached hydrogens (tertiary/aromatic N) is 1. The molecule has 0 aliphatic carbocycles. The zero-order chi connectivity index (χ0) is 13.0. The maximum atomic E-state index is 12.3. The molecule has 0 spiro atoms. The van der Waals surface area contributed by atoms with Gasteiger partial charge in [0.1, 0.15) is 0 Å². The number of sulfonamides is 1. The van der Waals surface area contributed by atoms with Crippen LogP contribution in [-0.2, 0) is 15.8 Å². The van der Waals surface area contributed by atoms with Crippen LogP contribution in [0, 0.1) is 0 Å². The summed E-state index contributed by atoms with van der Waals surface area (Å²) in [4.78, 5) is 1.49. The molecule has 1 aliphatic rings. The highest BCUT2D eigenvalue weighted by atomic mass is 32.2. The molecule has 1 heterocycles. The standard InChI is InChI=1S/C13H20N2O2S/c1-2-14-8-10-15(11-9-14)18(16,17)12-13-6-4-3-5-7-13/h3-7H,2,8-12H2,1H3/p+1. The van der Waals surface area contributed by atoms with E-state index in [9.17, 15) is 8.42 Å². The number of benzene rings is 1. The van der Waals surface area contributed by atoms with Gasteiger partial charge in [0.15, 0.2) is 0 Å². The summed E-state index contributed by atoms with van der Waals surface area (Å²) >= 11 is 0. The topological polar surface area (TPSA) is 41.8 Å². The molecule has 1 aromatic rings. The summed E-state index contributed by atoms with van der Waals surface area (Å²) in [5.74, 6) is 0.120. The number of rotatable bonds is 4. The van der Waals surface area contributed by atoms with Crippen molar-refractivity contribution >= 4 is 10.0 Å². The molecule has 0 bridgehead atoms. The van der Waals surface area contributed by atoms with Crippen molar-refractivity contribution < 1.29 is 13.3 Å². The molecule has 1 aliphatic heterocycles. The lowest BCUT2D eigenvalue weighted by Crippen LogP contribution is -3.14. The molecule has 18 heavy (non-hydrogen) atoms. The molecular weight excluding hydrogens is 248 g/mol. The third kappa shape index (κ3) is 3.31. The summed E-state index contributed by atoms with van der Waals surface area (Å²) in [6, 6.07) is 9.39. The minimum atomic E-state index is -3.15. The number of hydrogen-bond acceptors (Lipinski definition) is 2. The second kappa shape index (κ2) is 5.82. The lowest BCUT2D eigenvalue weighted by atomic mass is 10.2. The zero-order valence-electron chi connectivity index (χ0n) is 10.8. The molecule has 100 valence electrons. The predicted octanol–water partition coefficient (Wildman–Crippen LogP) is -0.263. The normalized spacial score (nSPS) is 18.9. The van der Waals surface area contributed by atoms with Gasteiger partial charge in [-0.2, -0.15) is 4.31 Å². The maximum Gasteiger partial charge on any atom is 0.218 e. The molecular formula is C13H21N2O2S+. The van der Waals surface area contributed by atoms with Crippen LogP contribution in [0.25, 0.3) is 0 Å². The number of quaternary nitrogens is 1. The predicted molar refractivity (Wildman–Crippen MR) is 71.9 cm³/mol. The fourth-order valence-electron chi connectivity index (χ4n) is 2.31. The van der Waals surface area contributed by atoms with E-state index < -0.39 is 10.0 Å². The van der Waals surface area contributed by atoms with E-state index in [-0.39, 0.29) is 5.75 Å². The number of likely N-dealkylation sites (N-methyl/N-ethyl adjacent to an activating group) is 1. The van der Waals surface area contributed by atoms with Crippen LogP contribution in [0.1, 0.15) is 12.5 Å². The second-order valence-corrected chi connectivity index (χ2v) is 6.71. The third-order valence-electron chi connectivity index (χ3n) is 3.51. The zero-order valence-corrected chi connectivity index (χ0v) is 11.6. The average molecular weight is 269 g/mol. The third-order valence-corrected chi connectivity index (χ3v) is 5.36. The first-order valence-corrected chi connectivity index (χ1v) is 8.08. The highest BCUT2D eigenvalue weighted by molar-refractivity contribution is 7.88. The molecule has 0 radical (unpaired) electrons. The van der Waals surface area contributed by atoms with Crippen LogP contribution in [-0.4, -0.2) is 45.4 Å². The van der Waals surface area contributed by atoms with Gasteiger partial charge in [0, 0.05) is 0 Å². The molecule has 0 saturated carbocycles. The summed E-state index contributed by atoms with van der Waals surface area (Å²) in [5.41, 5.74) is 0.864. The van der Waals surface area contributed by atoms with Crippen molar-refractivity contribution in [2.75, 3.05) is 32.7 Å². The Hall–Kier alpha value is -0.910. The molecule has 1 N–H and O–H groups in total. The quantitative estimate of drug-likeness (QED) is 0.818. The van der Waals surface area contributed by atoms with Crippen molar-refractivity contribution in [2.24, 2.45) is 0 Å². The summed E-state index contributed by atoms with van der Waals surface area (Å²) in [6.07, 6.45) is 0. The molecule has 1 saturated heterocycles. The van der Waals surface area contributed by atoms with E-state index in [1.165, 1.54) is 4.90 Å². The first-order valence-electron chi connectivity index (χ1n) is 6.47. The van der Waals surface area contributed by atoms with Gasteiger partial charge < -0.3 is 4.90 Å². The number of piperazine rings is 1. The minimum absolute atomic E-state index is 0.120. The summed E-state index contributed by atoms with van der Waals surface area (Å²) in [7, 11) is -3.15. The van der Waals surface area contributed by atoms with Gasteiger partial charge in [-0.25, -0.2) is 8.42 Å². The Morgan fingerprint density at radius 3 is 2.33 bits per heavy atom. The first-order chi connectivity index (χ1) is 8.62. The molecule has 1 aromatic carbocycles. The minimum Gasteiger partial charge on any atom is -0.333 e. The van der Waals surface area contributed by atoms with Crippen LogP contribution in [0.15, 0.2) is 30.3 Å². The lowest BCUT2D eigenvalue weighted by molar-refractivity contribution is -0.901. The van der Waals surface area contributed by atoms with Gasteiger partial charge in [-0.15, -0.1) is 0 Å². The van der Waals surface area contributed by atoms with Crippen molar-refractivity contribution in [2.45, 2.75) is 12.7 Å². The number of hydrogen-bond donors (Lipinski definition) is 1. The first kappa shape index (κ1) is 13.5. The largest absolute Gasteiger partial charge is 0.333 e. The van der Waals surface area contributed by atoms with E-state index in [4.69, 9.17) is 0 Å². The Labute approximate surface area is 109 Å². The van der Waals surface area contributed by atoms with Crippen LogP contribution in [0.2, 0.25) is 0 Å². The highest BCUT2D eigenvalue weighted by Crippen LogP contribution is 2.10. The Kier molecular flexibility index (Phi) is 4.37. The van der Waals surface area contributed by atoms with Crippen molar-refractivity contribution in [3.05, 3.63) is 35.9 Å². The van der Waals surface area contributed by atoms with E-state index >= 15 is 0 Å². The van der Waals surface area contributed by atoms with Gasteiger partial charge in [0.05, 0.1) is 38.5 Å². The van der Waals surface area contributed by atoms with E-state index in [2.05, 4.69) is 6.92 Å². The van der Waals surface area contributed by atoms with E-state index in [1.807, 2.05) is 30.3 Å². The molecule has 5 heteroatoms. The highest BCUT2D eigenvalue weighted by Gasteiger charge is 2.28. The molecule has 0 aromatic heterocycles. The maximum absolute atomic E-state index is 12.3. The second-order valence-electron chi connectivity index (χ2n) is 4.74. The van der Waals surface area contributed by atoms with Crippen LogP contribution in [0.3, 0.4) is 0 Å². The van der Waals surface area contributed by atoms with Crippen LogP contribution in [0.5, 0.6) is 0 Å². The molecule has 1 fully saturated rings. The van der Waals surface area contributed by atoms with Gasteiger partial charge in [-0.05, 0) is 12.5 Å². The number of nitrogens with one attached hydrogen (secondary N) is 1. The van der Waals surface area contributed by atoms with Crippen LogP contribution in [0.4, 0.5) is 0 Å². The van der Waals surface area contributed by atoms with Crippen molar-refractivity contribution in [1.82, 2.24) is 4.31 Å². The Morgan fingerprint density at radius 2 is 1.78 bits per heavy atom. The lowest BCUT2D eigenvalue weighted by Gasteiger charge is -2.30. The van der Waals surface area contributed by atoms with Crippen LogP contribution < -0.4 is 4.90 Å². The Bertz CT molecular complexity index is 465. The SMILES string of the molecule is CC[NH+]1CCN(S(=O)(=O)Cc2ccccc2)CC1. The van der Waals surface area contributed by atoms with Gasteiger partial charge >= 0.3 is 0 Å². The monoisotopic (exact) mass is 269 g/mol. The molecule has 0 unspecified atom stereocenters. The van der Waals surface area contributed by atoms with Gasteiger partial charge in [0.2, 0.25) is 10.0 Å². The fraction of sp³-hybridized carbons (Fsp3) is 0.538. The fourth-order valence-corrected chi connectivity index (χ4v) is 3.85. The molecule has 4 nitrogen and oxygen atoms in total. The Balaban J connectivity index is 2.00. The van der Waals surface area contributed by atoms with Gasteiger partial charge in [-0.1, -0.05) is 30.3 Å².